The summed E-state index contributed by atoms with van der Waals surface area (Å²) in [6, 6.07) is 0. The molecule has 31 heavy (non-hydrogen) atoms. The van der Waals surface area contributed by atoms with Gasteiger partial charge in [0.05, 0.1) is 24.2 Å². The Morgan fingerprint density at radius 3 is 2.58 bits per heavy atom. The number of amides is 3. The number of nitrogens with one attached hydrogen (secondary N) is 1. The van der Waals surface area contributed by atoms with Crippen LogP contribution in [0.2, 0.25) is 0 Å². The zero-order valence-electron chi connectivity index (χ0n) is 18.5. The number of hydrogen-bond donors (Lipinski definition) is 1. The molecule has 2 saturated heterocycles. The predicted molar refractivity (Wildman–Crippen MR) is 114 cm³/mol. The Morgan fingerprint density at radius 1 is 1.23 bits per heavy atom. The van der Waals surface area contributed by atoms with Gasteiger partial charge in [0.25, 0.3) is 5.91 Å². The number of imide groups is 1. The van der Waals surface area contributed by atoms with Gasteiger partial charge in [0.1, 0.15) is 12.2 Å². The van der Waals surface area contributed by atoms with Gasteiger partial charge in [-0.05, 0) is 39.2 Å². The molecule has 2 atom stereocenters. The van der Waals surface area contributed by atoms with Crippen molar-refractivity contribution in [3.63, 3.8) is 0 Å². The highest BCUT2D eigenvalue weighted by Crippen LogP contribution is 2.42. The molecule has 9 nitrogen and oxygen atoms in total. The Bertz CT molecular complexity index is 894. The number of ether oxygens (including phenoxy) is 1. The molecule has 9 heteroatoms. The van der Waals surface area contributed by atoms with Crippen LogP contribution in [0.15, 0.2) is 12.0 Å². The van der Waals surface area contributed by atoms with E-state index >= 15 is 0 Å². The Morgan fingerprint density at radius 2 is 1.94 bits per heavy atom. The number of imidazole rings is 1. The third-order valence-corrected chi connectivity index (χ3v) is 5.95. The van der Waals surface area contributed by atoms with Crippen LogP contribution in [0.1, 0.15) is 57.3 Å². The van der Waals surface area contributed by atoms with E-state index in [2.05, 4.69) is 33.6 Å². The van der Waals surface area contributed by atoms with Gasteiger partial charge in [-0.25, -0.2) is 4.98 Å². The topological polar surface area (TPSA) is 96.8 Å². The largest absolute Gasteiger partial charge is 0.373 e. The molecule has 168 valence electrons. The lowest BCUT2D eigenvalue weighted by Gasteiger charge is -2.35. The molecule has 1 aromatic rings. The first-order valence-corrected chi connectivity index (χ1v) is 11.1. The summed E-state index contributed by atoms with van der Waals surface area (Å²) < 4.78 is 7.98. The maximum absolute atomic E-state index is 12.6. The average Bonchev–Trinajstić information content (AvgIpc) is 3.45. The van der Waals surface area contributed by atoms with Gasteiger partial charge in [-0.3, -0.25) is 24.2 Å². The number of rotatable bonds is 6. The molecule has 0 bridgehead atoms. The fraction of sp³-hybridized carbons (Fsp3) is 0.636. The van der Waals surface area contributed by atoms with Crippen LogP contribution >= 0.6 is 0 Å². The fourth-order valence-corrected chi connectivity index (χ4v) is 4.52. The molecule has 0 radical (unpaired) electrons. The molecule has 3 aliphatic rings. The van der Waals surface area contributed by atoms with E-state index in [4.69, 9.17) is 4.74 Å². The van der Waals surface area contributed by atoms with Gasteiger partial charge in [-0.2, -0.15) is 0 Å². The summed E-state index contributed by atoms with van der Waals surface area (Å²) in [5, 5.41) is 2.60. The molecule has 3 heterocycles. The van der Waals surface area contributed by atoms with Crippen LogP contribution in [0.3, 0.4) is 0 Å². The smallest absolute Gasteiger partial charge is 0.277 e. The molecule has 3 amide bonds. The van der Waals surface area contributed by atoms with E-state index in [0.717, 1.165) is 56.0 Å². The van der Waals surface area contributed by atoms with Crippen molar-refractivity contribution in [3.8, 4) is 0 Å². The number of hydrogen-bond acceptors (Lipinski definition) is 6. The summed E-state index contributed by atoms with van der Waals surface area (Å²) in [7, 11) is 0. The second-order valence-corrected chi connectivity index (χ2v) is 8.87. The summed E-state index contributed by atoms with van der Waals surface area (Å²) in [5.41, 5.74) is 1.92. The lowest BCUT2D eigenvalue weighted by Crippen LogP contribution is -2.51. The second-order valence-electron chi connectivity index (χ2n) is 8.87. The van der Waals surface area contributed by atoms with Crippen LogP contribution in [-0.4, -0.2) is 75.5 Å². The van der Waals surface area contributed by atoms with Crippen LogP contribution in [0.5, 0.6) is 0 Å². The number of carbonyl (C=O) groups is 3. The first-order chi connectivity index (χ1) is 14.8. The van der Waals surface area contributed by atoms with Gasteiger partial charge in [0, 0.05) is 44.7 Å². The molecule has 4 rings (SSSR count). The first-order valence-electron chi connectivity index (χ1n) is 11.1. The lowest BCUT2D eigenvalue weighted by atomic mass is 10.1. The highest BCUT2D eigenvalue weighted by Gasteiger charge is 2.33. The Balaban J connectivity index is 1.46. The van der Waals surface area contributed by atoms with E-state index in [0.29, 0.717) is 11.6 Å². The van der Waals surface area contributed by atoms with Crippen LogP contribution in [-0.2, 0) is 25.7 Å². The van der Waals surface area contributed by atoms with Gasteiger partial charge in [-0.1, -0.05) is 0 Å². The monoisotopic (exact) mass is 429 g/mol. The molecule has 1 N–H and O–H groups in total. The minimum Gasteiger partial charge on any atom is -0.373 e. The SMILES string of the molecule is CC(=O)N1CC(=O)N/C(=C\c2ncn(CCCN3CC(C)OC(C)C3)c2C2CC2)C1=O. The zero-order valence-corrected chi connectivity index (χ0v) is 18.5. The van der Waals surface area contributed by atoms with E-state index in [1.807, 2.05) is 6.33 Å². The van der Waals surface area contributed by atoms with Crippen molar-refractivity contribution in [1.29, 1.82) is 0 Å². The lowest BCUT2D eigenvalue weighted by molar-refractivity contribution is -0.147. The third-order valence-electron chi connectivity index (χ3n) is 5.95. The van der Waals surface area contributed by atoms with Crippen LogP contribution in [0.4, 0.5) is 0 Å². The molecule has 1 saturated carbocycles. The zero-order chi connectivity index (χ0) is 22.1. The van der Waals surface area contributed by atoms with E-state index < -0.39 is 11.8 Å². The third kappa shape index (κ3) is 5.04. The van der Waals surface area contributed by atoms with Crippen molar-refractivity contribution < 1.29 is 19.1 Å². The van der Waals surface area contributed by atoms with Gasteiger partial charge < -0.3 is 14.6 Å². The molecule has 2 aliphatic heterocycles. The van der Waals surface area contributed by atoms with E-state index in [-0.39, 0.29) is 30.4 Å². The number of aryl methyl sites for hydroxylation is 1. The van der Waals surface area contributed by atoms with Crippen molar-refractivity contribution in [2.75, 3.05) is 26.2 Å². The van der Waals surface area contributed by atoms with Gasteiger partial charge in [0.15, 0.2) is 0 Å². The fourth-order valence-electron chi connectivity index (χ4n) is 4.52. The molecule has 2 unspecified atom stereocenters. The summed E-state index contributed by atoms with van der Waals surface area (Å²) in [4.78, 5) is 44.2. The van der Waals surface area contributed by atoms with Crippen LogP contribution in [0.25, 0.3) is 6.08 Å². The van der Waals surface area contributed by atoms with Gasteiger partial charge >= 0.3 is 0 Å². The Labute approximate surface area is 182 Å². The summed E-state index contributed by atoms with van der Waals surface area (Å²) in [6.07, 6.45) is 7.15. The predicted octanol–water partition coefficient (Wildman–Crippen LogP) is 1.11. The van der Waals surface area contributed by atoms with E-state index in [1.165, 1.54) is 6.92 Å². The Hall–Kier alpha value is -2.52. The van der Waals surface area contributed by atoms with E-state index in [1.54, 1.807) is 6.08 Å². The highest BCUT2D eigenvalue weighted by atomic mass is 16.5. The molecule has 0 spiro atoms. The number of piperazine rings is 1. The highest BCUT2D eigenvalue weighted by molar-refractivity contribution is 6.12. The van der Waals surface area contributed by atoms with Crippen molar-refractivity contribution in [1.82, 2.24) is 24.7 Å². The Kier molecular flexibility index (Phi) is 6.24. The molecule has 0 aromatic carbocycles. The summed E-state index contributed by atoms with van der Waals surface area (Å²) >= 11 is 0. The second kappa shape index (κ2) is 8.92. The molecular formula is C22H31N5O4. The number of aromatic nitrogens is 2. The summed E-state index contributed by atoms with van der Waals surface area (Å²) in [5.74, 6) is -0.872. The molecular weight excluding hydrogens is 398 g/mol. The first kappa shape index (κ1) is 21.7. The van der Waals surface area contributed by atoms with Crippen LogP contribution < -0.4 is 5.32 Å². The molecule has 1 aliphatic carbocycles. The van der Waals surface area contributed by atoms with Gasteiger partial charge in [-0.15, -0.1) is 0 Å². The maximum atomic E-state index is 12.6. The minimum absolute atomic E-state index is 0.106. The summed E-state index contributed by atoms with van der Waals surface area (Å²) in [6.45, 7) is 9.03. The molecule has 1 aromatic heterocycles. The van der Waals surface area contributed by atoms with Crippen LogP contribution in [0, 0.1) is 0 Å². The van der Waals surface area contributed by atoms with Gasteiger partial charge in [0.2, 0.25) is 11.8 Å². The number of morpholine rings is 1. The standard InChI is InChI=1S/C22H31N5O4/c1-14-10-25(11-15(2)31-14)7-4-8-26-13-23-18(21(26)17-5-6-17)9-19-22(30)27(16(3)28)12-20(29)24-19/h9,13-15,17H,4-8,10-12H2,1-3H3,(H,24,29)/b19-9-. The number of nitrogens with zero attached hydrogens (tertiary/aromatic N) is 4. The minimum atomic E-state index is -0.487. The quantitative estimate of drug-likeness (QED) is 0.681. The van der Waals surface area contributed by atoms with Crippen molar-refractivity contribution in [2.45, 2.75) is 64.7 Å². The molecule has 3 fully saturated rings. The van der Waals surface area contributed by atoms with Crippen molar-refractivity contribution >= 4 is 23.8 Å². The normalized spacial score (nSPS) is 26.4. The van der Waals surface area contributed by atoms with Crippen molar-refractivity contribution in [3.05, 3.63) is 23.4 Å². The number of carbonyl (C=O) groups excluding carboxylic acids is 3. The van der Waals surface area contributed by atoms with E-state index in [9.17, 15) is 14.4 Å². The van der Waals surface area contributed by atoms with Crippen molar-refractivity contribution in [2.24, 2.45) is 0 Å². The average molecular weight is 430 g/mol. The maximum Gasteiger partial charge on any atom is 0.277 e.